The Morgan fingerprint density at radius 1 is 1.20 bits per heavy atom. The SMILES string of the molecule is Cc1ccc(F)c(CNc2cccc(Cl)c2N(C)C)c1. The van der Waals surface area contributed by atoms with Gasteiger partial charge in [-0.2, -0.15) is 0 Å². The molecule has 0 fully saturated rings. The van der Waals surface area contributed by atoms with Crippen molar-refractivity contribution in [3.63, 3.8) is 0 Å². The summed E-state index contributed by atoms with van der Waals surface area (Å²) in [7, 11) is 3.86. The molecule has 2 nitrogen and oxygen atoms in total. The Balaban J connectivity index is 2.23. The molecule has 0 aliphatic heterocycles. The molecule has 106 valence electrons. The molecule has 0 spiro atoms. The van der Waals surface area contributed by atoms with E-state index in [0.29, 0.717) is 17.1 Å². The number of anilines is 2. The topological polar surface area (TPSA) is 15.3 Å². The van der Waals surface area contributed by atoms with Gasteiger partial charge < -0.3 is 10.2 Å². The molecule has 0 amide bonds. The largest absolute Gasteiger partial charge is 0.379 e. The molecule has 0 heterocycles. The third-order valence-electron chi connectivity index (χ3n) is 3.10. The van der Waals surface area contributed by atoms with Crippen LogP contribution >= 0.6 is 11.6 Å². The zero-order valence-corrected chi connectivity index (χ0v) is 12.6. The predicted molar refractivity (Wildman–Crippen MR) is 84.2 cm³/mol. The smallest absolute Gasteiger partial charge is 0.128 e. The van der Waals surface area contributed by atoms with Gasteiger partial charge in [-0.3, -0.25) is 0 Å². The van der Waals surface area contributed by atoms with Crippen molar-refractivity contribution in [2.24, 2.45) is 0 Å². The van der Waals surface area contributed by atoms with E-state index in [0.717, 1.165) is 16.9 Å². The third kappa shape index (κ3) is 3.23. The first kappa shape index (κ1) is 14.7. The Bertz CT molecular complexity index is 611. The molecule has 0 radical (unpaired) electrons. The second kappa shape index (κ2) is 6.14. The molecule has 0 aliphatic carbocycles. The minimum atomic E-state index is -0.198. The van der Waals surface area contributed by atoms with Crippen LogP contribution in [0.4, 0.5) is 15.8 Å². The highest BCUT2D eigenvalue weighted by Crippen LogP contribution is 2.32. The normalized spacial score (nSPS) is 10.4. The summed E-state index contributed by atoms with van der Waals surface area (Å²) in [5.41, 5.74) is 3.49. The number of rotatable bonds is 4. The summed E-state index contributed by atoms with van der Waals surface area (Å²) in [6, 6.07) is 10.8. The highest BCUT2D eigenvalue weighted by Gasteiger charge is 2.09. The molecule has 1 N–H and O–H groups in total. The van der Waals surface area contributed by atoms with E-state index in [2.05, 4.69) is 5.32 Å². The van der Waals surface area contributed by atoms with Gasteiger partial charge in [-0.1, -0.05) is 35.4 Å². The van der Waals surface area contributed by atoms with Crippen LogP contribution in [0, 0.1) is 12.7 Å². The van der Waals surface area contributed by atoms with Crippen LogP contribution in [0.1, 0.15) is 11.1 Å². The van der Waals surface area contributed by atoms with Crippen molar-refractivity contribution in [1.82, 2.24) is 0 Å². The lowest BCUT2D eigenvalue weighted by Gasteiger charge is -2.20. The van der Waals surface area contributed by atoms with Gasteiger partial charge in [0.2, 0.25) is 0 Å². The molecule has 0 aromatic heterocycles. The molecule has 0 saturated heterocycles. The number of aryl methyl sites for hydroxylation is 1. The lowest BCUT2D eigenvalue weighted by atomic mass is 10.1. The first-order valence-electron chi connectivity index (χ1n) is 6.44. The van der Waals surface area contributed by atoms with Gasteiger partial charge in [0.05, 0.1) is 16.4 Å². The number of halogens is 2. The van der Waals surface area contributed by atoms with Gasteiger partial charge >= 0.3 is 0 Å². The van der Waals surface area contributed by atoms with E-state index < -0.39 is 0 Å². The lowest BCUT2D eigenvalue weighted by molar-refractivity contribution is 0.612. The Morgan fingerprint density at radius 3 is 2.65 bits per heavy atom. The number of hydrogen-bond acceptors (Lipinski definition) is 2. The summed E-state index contributed by atoms with van der Waals surface area (Å²) in [5.74, 6) is -0.198. The van der Waals surface area contributed by atoms with Crippen LogP contribution in [-0.4, -0.2) is 14.1 Å². The van der Waals surface area contributed by atoms with E-state index in [-0.39, 0.29) is 5.82 Å². The van der Waals surface area contributed by atoms with E-state index in [1.54, 1.807) is 6.07 Å². The number of nitrogens with zero attached hydrogens (tertiary/aromatic N) is 1. The summed E-state index contributed by atoms with van der Waals surface area (Å²) in [4.78, 5) is 1.94. The number of benzene rings is 2. The van der Waals surface area contributed by atoms with Crippen molar-refractivity contribution < 1.29 is 4.39 Å². The van der Waals surface area contributed by atoms with Crippen LogP contribution in [0.15, 0.2) is 36.4 Å². The second-order valence-electron chi connectivity index (χ2n) is 4.98. The molecular weight excluding hydrogens is 275 g/mol. The maximum Gasteiger partial charge on any atom is 0.128 e. The van der Waals surface area contributed by atoms with Crippen LogP contribution in [-0.2, 0) is 6.54 Å². The fourth-order valence-corrected chi connectivity index (χ4v) is 2.49. The van der Waals surface area contributed by atoms with Gasteiger partial charge in [0, 0.05) is 26.2 Å². The quantitative estimate of drug-likeness (QED) is 0.894. The van der Waals surface area contributed by atoms with Gasteiger partial charge in [0.1, 0.15) is 5.82 Å². The molecule has 4 heteroatoms. The predicted octanol–water partition coefficient (Wildman–Crippen LogP) is 4.47. The number of nitrogens with one attached hydrogen (secondary N) is 1. The van der Waals surface area contributed by atoms with Gasteiger partial charge in [-0.15, -0.1) is 0 Å². The highest BCUT2D eigenvalue weighted by molar-refractivity contribution is 6.34. The van der Waals surface area contributed by atoms with Crippen LogP contribution in [0.25, 0.3) is 0 Å². The fourth-order valence-electron chi connectivity index (χ4n) is 2.14. The number of hydrogen-bond donors (Lipinski definition) is 1. The van der Waals surface area contributed by atoms with E-state index >= 15 is 0 Å². The molecule has 20 heavy (non-hydrogen) atoms. The Hall–Kier alpha value is -1.74. The Kier molecular flexibility index (Phi) is 4.50. The minimum absolute atomic E-state index is 0.198. The van der Waals surface area contributed by atoms with Gasteiger partial charge in [-0.05, 0) is 25.1 Å². The van der Waals surface area contributed by atoms with Gasteiger partial charge in [-0.25, -0.2) is 4.39 Å². The molecule has 2 aromatic carbocycles. The summed E-state index contributed by atoms with van der Waals surface area (Å²) in [5, 5.41) is 3.92. The molecule has 0 saturated carbocycles. The lowest BCUT2D eigenvalue weighted by Crippen LogP contribution is -2.13. The van der Waals surface area contributed by atoms with Crippen molar-refractivity contribution >= 4 is 23.0 Å². The minimum Gasteiger partial charge on any atom is -0.379 e. The van der Waals surface area contributed by atoms with Crippen LogP contribution in [0.2, 0.25) is 5.02 Å². The first-order chi connectivity index (χ1) is 9.49. The van der Waals surface area contributed by atoms with Crippen molar-refractivity contribution in [3.05, 3.63) is 58.4 Å². The van der Waals surface area contributed by atoms with E-state index in [4.69, 9.17) is 11.6 Å². The fraction of sp³-hybridized carbons (Fsp3) is 0.250. The monoisotopic (exact) mass is 292 g/mol. The average Bonchev–Trinajstić information content (AvgIpc) is 2.39. The summed E-state index contributed by atoms with van der Waals surface area (Å²) < 4.78 is 13.7. The van der Waals surface area contributed by atoms with Crippen molar-refractivity contribution in [1.29, 1.82) is 0 Å². The molecule has 0 unspecified atom stereocenters. The number of para-hydroxylation sites is 1. The average molecular weight is 293 g/mol. The van der Waals surface area contributed by atoms with E-state index in [1.807, 2.05) is 50.2 Å². The molecule has 0 aliphatic rings. The van der Waals surface area contributed by atoms with Crippen LogP contribution in [0.5, 0.6) is 0 Å². The zero-order valence-electron chi connectivity index (χ0n) is 11.9. The first-order valence-corrected chi connectivity index (χ1v) is 6.81. The highest BCUT2D eigenvalue weighted by atomic mass is 35.5. The standard InChI is InChI=1S/C16H18ClFN2/c1-11-7-8-14(18)12(9-11)10-19-15-6-4-5-13(17)16(15)20(2)3/h4-9,19H,10H2,1-3H3. The Morgan fingerprint density at radius 2 is 1.95 bits per heavy atom. The summed E-state index contributed by atoms with van der Waals surface area (Å²) in [6.45, 7) is 2.38. The van der Waals surface area contributed by atoms with Crippen LogP contribution < -0.4 is 10.2 Å². The van der Waals surface area contributed by atoms with Crippen molar-refractivity contribution in [2.45, 2.75) is 13.5 Å². The Labute approximate surface area is 124 Å². The van der Waals surface area contributed by atoms with E-state index in [9.17, 15) is 4.39 Å². The summed E-state index contributed by atoms with van der Waals surface area (Å²) in [6.07, 6.45) is 0. The van der Waals surface area contributed by atoms with Gasteiger partial charge in [0.15, 0.2) is 0 Å². The molecule has 0 atom stereocenters. The van der Waals surface area contributed by atoms with Crippen molar-refractivity contribution in [3.8, 4) is 0 Å². The van der Waals surface area contributed by atoms with Gasteiger partial charge in [0.25, 0.3) is 0 Å². The molecule has 0 bridgehead atoms. The van der Waals surface area contributed by atoms with Crippen LogP contribution in [0.3, 0.4) is 0 Å². The third-order valence-corrected chi connectivity index (χ3v) is 3.41. The second-order valence-corrected chi connectivity index (χ2v) is 5.39. The molecule has 2 aromatic rings. The summed E-state index contributed by atoms with van der Waals surface area (Å²) >= 11 is 6.21. The van der Waals surface area contributed by atoms with Crippen molar-refractivity contribution in [2.75, 3.05) is 24.3 Å². The molecular formula is C16H18ClFN2. The zero-order chi connectivity index (χ0) is 14.7. The maximum atomic E-state index is 13.7. The molecule has 2 rings (SSSR count). The maximum absolute atomic E-state index is 13.7. The van der Waals surface area contributed by atoms with E-state index in [1.165, 1.54) is 6.07 Å².